The molecule has 2 aromatic rings. The highest BCUT2D eigenvalue weighted by atomic mass is 32.2. The zero-order chi connectivity index (χ0) is 24.2. The number of rotatable bonds is 8. The van der Waals surface area contributed by atoms with Crippen LogP contribution in [0.1, 0.15) is 24.0 Å². The second-order valence-corrected chi connectivity index (χ2v) is 9.24. The van der Waals surface area contributed by atoms with Crippen LogP contribution in [0.15, 0.2) is 53.6 Å². The third-order valence-corrected chi connectivity index (χ3v) is 6.56. The SMILES string of the molecule is CON(F)C(=O)N1N=C(c2cc(F)ccc2F)SC1(CCCOP(=O)(O)O)c1ccccc1. The lowest BCUT2D eigenvalue weighted by Gasteiger charge is -2.36. The first-order chi connectivity index (χ1) is 15.6. The number of hydrazone groups is 1. The van der Waals surface area contributed by atoms with Gasteiger partial charge in [0.15, 0.2) is 0 Å². The maximum Gasteiger partial charge on any atom is 0.469 e. The molecule has 0 saturated carbocycles. The van der Waals surface area contributed by atoms with Crippen molar-refractivity contribution < 1.29 is 41.8 Å². The summed E-state index contributed by atoms with van der Waals surface area (Å²) in [5.41, 5.74) is 0.199. The van der Waals surface area contributed by atoms with Crippen LogP contribution in [-0.2, 0) is 18.8 Å². The number of benzene rings is 2. The zero-order valence-electron chi connectivity index (χ0n) is 17.1. The Kier molecular flexibility index (Phi) is 7.83. The summed E-state index contributed by atoms with van der Waals surface area (Å²) >= 11 is 0.859. The Labute approximate surface area is 190 Å². The van der Waals surface area contributed by atoms with Crippen molar-refractivity contribution in [3.05, 3.63) is 71.3 Å². The van der Waals surface area contributed by atoms with Gasteiger partial charge in [-0.2, -0.15) is 10.1 Å². The molecule has 1 aliphatic heterocycles. The second kappa shape index (κ2) is 10.2. The molecule has 0 fully saturated rings. The molecular weight excluding hydrogens is 486 g/mol. The van der Waals surface area contributed by atoms with E-state index in [9.17, 15) is 22.6 Å². The van der Waals surface area contributed by atoms with Crippen LogP contribution in [0.5, 0.6) is 0 Å². The van der Waals surface area contributed by atoms with E-state index in [0.29, 0.717) is 5.56 Å². The van der Waals surface area contributed by atoms with Crippen molar-refractivity contribution in [3.8, 4) is 0 Å². The van der Waals surface area contributed by atoms with E-state index in [-0.39, 0.29) is 23.4 Å². The number of hydroxylamine groups is 1. The van der Waals surface area contributed by atoms with Gasteiger partial charge < -0.3 is 9.79 Å². The fourth-order valence-corrected chi connectivity index (χ4v) is 4.97. The molecule has 0 saturated heterocycles. The van der Waals surface area contributed by atoms with E-state index < -0.39 is 42.3 Å². The number of carbonyl (C=O) groups excluding carboxylic acids is 1. The molecule has 2 aromatic carbocycles. The highest BCUT2D eigenvalue weighted by molar-refractivity contribution is 8.15. The predicted octanol–water partition coefficient (Wildman–Crippen LogP) is 4.29. The standard InChI is InChI=1S/C19H19F3N3O6PS/c1-30-25(22)18(26)24-19(13-6-3-2-4-7-13,10-5-11-31-32(27,28)29)33-17(23-24)15-12-14(20)8-9-16(15)21/h2-4,6-9,12H,5,10-11H2,1H3,(H2,27,28,29). The van der Waals surface area contributed by atoms with E-state index in [0.717, 1.165) is 42.1 Å². The van der Waals surface area contributed by atoms with Crippen molar-refractivity contribution >= 4 is 30.7 Å². The molecule has 1 atom stereocenters. The molecule has 1 heterocycles. The molecule has 2 amide bonds. The van der Waals surface area contributed by atoms with Gasteiger partial charge in [-0.3, -0.25) is 4.52 Å². The van der Waals surface area contributed by atoms with Gasteiger partial charge in [-0.1, -0.05) is 46.6 Å². The van der Waals surface area contributed by atoms with E-state index in [4.69, 9.17) is 9.79 Å². The average Bonchev–Trinajstić information content (AvgIpc) is 3.18. The smallest absolute Gasteiger partial charge is 0.303 e. The minimum Gasteiger partial charge on any atom is -0.303 e. The maximum atomic E-state index is 14.5. The molecule has 14 heteroatoms. The number of carbonyl (C=O) groups is 1. The quantitative estimate of drug-likeness (QED) is 0.238. The third-order valence-electron chi connectivity index (χ3n) is 4.59. The first-order valence-corrected chi connectivity index (χ1v) is 11.7. The third kappa shape index (κ3) is 5.75. The van der Waals surface area contributed by atoms with Crippen LogP contribution in [0.4, 0.5) is 18.1 Å². The van der Waals surface area contributed by atoms with Gasteiger partial charge in [0.2, 0.25) is 0 Å². The van der Waals surface area contributed by atoms with Gasteiger partial charge in [-0.25, -0.2) is 23.0 Å². The number of urea groups is 1. The summed E-state index contributed by atoms with van der Waals surface area (Å²) < 4.78 is 57.9. The highest BCUT2D eigenvalue weighted by Crippen LogP contribution is 2.51. The Hall–Kier alpha value is -2.41. The Morgan fingerprint density at radius 2 is 1.94 bits per heavy atom. The molecule has 9 nitrogen and oxygen atoms in total. The summed E-state index contributed by atoms with van der Waals surface area (Å²) in [7, 11) is -3.83. The van der Waals surface area contributed by atoms with E-state index in [1.807, 2.05) is 0 Å². The molecular formula is C19H19F3N3O6PS. The lowest BCUT2D eigenvalue weighted by atomic mass is 10.0. The van der Waals surface area contributed by atoms with Gasteiger partial charge in [0.1, 0.15) is 21.5 Å². The number of nitrogens with zero attached hydrogens (tertiary/aromatic N) is 3. The van der Waals surface area contributed by atoms with E-state index in [1.54, 1.807) is 30.3 Å². The Morgan fingerprint density at radius 1 is 1.24 bits per heavy atom. The topological polar surface area (TPSA) is 112 Å². The van der Waals surface area contributed by atoms with Gasteiger partial charge in [0.25, 0.3) is 0 Å². The molecule has 1 aliphatic rings. The van der Waals surface area contributed by atoms with Crippen molar-refractivity contribution in [2.75, 3.05) is 13.7 Å². The number of amides is 2. The lowest BCUT2D eigenvalue weighted by Crippen LogP contribution is -2.45. The van der Waals surface area contributed by atoms with E-state index in [2.05, 4.69) is 14.5 Å². The minimum atomic E-state index is -4.74. The normalized spacial score (nSPS) is 18.4. The van der Waals surface area contributed by atoms with Crippen molar-refractivity contribution in [2.45, 2.75) is 17.7 Å². The highest BCUT2D eigenvalue weighted by Gasteiger charge is 2.50. The number of phosphoric acid groups is 1. The monoisotopic (exact) mass is 505 g/mol. The fraction of sp³-hybridized carbons (Fsp3) is 0.263. The number of hydrogen-bond acceptors (Lipinski definition) is 6. The van der Waals surface area contributed by atoms with Crippen LogP contribution in [0.25, 0.3) is 0 Å². The summed E-state index contributed by atoms with van der Waals surface area (Å²) in [6.45, 7) is -0.394. The van der Waals surface area contributed by atoms with Crippen molar-refractivity contribution in [1.82, 2.24) is 10.3 Å². The fourth-order valence-electron chi connectivity index (χ4n) is 3.19. The maximum absolute atomic E-state index is 14.5. The van der Waals surface area contributed by atoms with Crippen LogP contribution in [0, 0.1) is 11.6 Å². The van der Waals surface area contributed by atoms with Crippen LogP contribution >= 0.6 is 19.6 Å². The number of phosphoric ester groups is 1. The molecule has 3 rings (SSSR count). The summed E-state index contributed by atoms with van der Waals surface area (Å²) in [4.78, 5) is 33.5. The van der Waals surface area contributed by atoms with Crippen molar-refractivity contribution in [1.29, 1.82) is 0 Å². The van der Waals surface area contributed by atoms with Crippen molar-refractivity contribution in [3.63, 3.8) is 0 Å². The Balaban J connectivity index is 2.07. The van der Waals surface area contributed by atoms with E-state index in [1.165, 1.54) is 0 Å². The number of thioether (sulfide) groups is 1. The Bertz CT molecular complexity index is 1090. The van der Waals surface area contributed by atoms with Crippen molar-refractivity contribution in [2.24, 2.45) is 5.10 Å². The molecule has 1 unspecified atom stereocenters. The molecule has 0 aromatic heterocycles. The molecule has 33 heavy (non-hydrogen) atoms. The van der Waals surface area contributed by atoms with Gasteiger partial charge in [0, 0.05) is 5.56 Å². The number of halogens is 3. The van der Waals surface area contributed by atoms with Crippen LogP contribution in [0.3, 0.4) is 0 Å². The second-order valence-electron chi connectivity index (χ2n) is 6.73. The van der Waals surface area contributed by atoms with Gasteiger partial charge in [-0.05, 0) is 41.9 Å². The van der Waals surface area contributed by atoms with Crippen LogP contribution < -0.4 is 0 Å². The average molecular weight is 505 g/mol. The minimum absolute atomic E-state index is 0.00944. The lowest BCUT2D eigenvalue weighted by molar-refractivity contribution is -0.222. The molecule has 2 N–H and O–H groups in total. The summed E-state index contributed by atoms with van der Waals surface area (Å²) in [6.07, 6.45) is -0.0562. The molecule has 0 aliphatic carbocycles. The van der Waals surface area contributed by atoms with Gasteiger partial charge >= 0.3 is 13.9 Å². The largest absolute Gasteiger partial charge is 0.469 e. The first-order valence-electron chi connectivity index (χ1n) is 9.40. The predicted molar refractivity (Wildman–Crippen MR) is 113 cm³/mol. The first kappa shape index (κ1) is 25.2. The number of hydrogen-bond donors (Lipinski definition) is 2. The Morgan fingerprint density at radius 3 is 2.58 bits per heavy atom. The molecule has 0 spiro atoms. The molecule has 0 radical (unpaired) electrons. The van der Waals surface area contributed by atoms with E-state index >= 15 is 0 Å². The summed E-state index contributed by atoms with van der Waals surface area (Å²) in [5, 5.41) is 4.14. The van der Waals surface area contributed by atoms with Crippen LogP contribution in [-0.4, -0.2) is 44.9 Å². The van der Waals surface area contributed by atoms with Gasteiger partial charge in [0.05, 0.1) is 13.7 Å². The zero-order valence-corrected chi connectivity index (χ0v) is 18.8. The molecule has 178 valence electrons. The van der Waals surface area contributed by atoms with Crippen LogP contribution in [0.2, 0.25) is 0 Å². The summed E-state index contributed by atoms with van der Waals surface area (Å²) in [5.74, 6) is -1.56. The molecule has 0 bridgehead atoms. The summed E-state index contributed by atoms with van der Waals surface area (Å²) in [6, 6.07) is 9.59. The van der Waals surface area contributed by atoms with Gasteiger partial charge in [-0.15, -0.1) is 0 Å².